The lowest BCUT2D eigenvalue weighted by Crippen LogP contribution is -2.45. The van der Waals surface area contributed by atoms with Crippen LogP contribution in [-0.2, 0) is 4.79 Å². The van der Waals surface area contributed by atoms with Crippen LogP contribution in [0.5, 0.6) is 0 Å². The number of carboxylic acid groups (broad SMARTS) is 1. The third kappa shape index (κ3) is 2.67. The molecule has 2 aliphatic carbocycles. The van der Waals surface area contributed by atoms with Crippen molar-refractivity contribution < 1.29 is 9.90 Å². The standard InChI is InChI=1S/C16H27NO2/c18-15(19)13-6-2-3-7-14(13)17-11-10-16(12-17)8-4-1-5-9-16/h13-14H,1-12H2,(H,18,19). The van der Waals surface area contributed by atoms with Gasteiger partial charge in [-0.3, -0.25) is 9.69 Å². The van der Waals surface area contributed by atoms with Crippen LogP contribution in [0.2, 0.25) is 0 Å². The van der Waals surface area contributed by atoms with Gasteiger partial charge in [-0.1, -0.05) is 32.1 Å². The summed E-state index contributed by atoms with van der Waals surface area (Å²) < 4.78 is 0. The van der Waals surface area contributed by atoms with E-state index in [9.17, 15) is 9.90 Å². The fraction of sp³-hybridized carbons (Fsp3) is 0.938. The summed E-state index contributed by atoms with van der Waals surface area (Å²) in [6, 6.07) is 0.326. The Labute approximate surface area is 116 Å². The molecule has 1 spiro atoms. The minimum atomic E-state index is -0.561. The summed E-state index contributed by atoms with van der Waals surface area (Å²) in [5.41, 5.74) is 0.554. The minimum Gasteiger partial charge on any atom is -0.481 e. The Bertz CT molecular complexity index is 336. The molecule has 3 rings (SSSR count). The first-order chi connectivity index (χ1) is 9.20. The quantitative estimate of drug-likeness (QED) is 0.833. The van der Waals surface area contributed by atoms with Gasteiger partial charge in [-0.2, -0.15) is 0 Å². The number of hydrogen-bond donors (Lipinski definition) is 1. The second-order valence-electron chi connectivity index (χ2n) is 7.08. The van der Waals surface area contributed by atoms with E-state index < -0.39 is 5.97 Å². The summed E-state index contributed by atoms with van der Waals surface area (Å²) in [5, 5.41) is 9.44. The Kier molecular flexibility index (Phi) is 3.84. The van der Waals surface area contributed by atoms with Gasteiger partial charge in [0.05, 0.1) is 5.92 Å². The molecule has 0 amide bonds. The largest absolute Gasteiger partial charge is 0.481 e. The van der Waals surface area contributed by atoms with Crippen molar-refractivity contribution in [2.75, 3.05) is 13.1 Å². The monoisotopic (exact) mass is 265 g/mol. The van der Waals surface area contributed by atoms with E-state index in [0.717, 1.165) is 25.8 Å². The fourth-order valence-corrected chi connectivity index (χ4v) is 4.80. The zero-order valence-electron chi connectivity index (χ0n) is 11.9. The highest BCUT2D eigenvalue weighted by Crippen LogP contribution is 2.45. The maximum absolute atomic E-state index is 11.5. The lowest BCUT2D eigenvalue weighted by atomic mass is 9.73. The van der Waals surface area contributed by atoms with Crippen molar-refractivity contribution in [2.24, 2.45) is 11.3 Å². The van der Waals surface area contributed by atoms with Gasteiger partial charge in [0.15, 0.2) is 0 Å². The van der Waals surface area contributed by atoms with E-state index in [2.05, 4.69) is 4.90 Å². The second-order valence-corrected chi connectivity index (χ2v) is 7.08. The first-order valence-corrected chi connectivity index (χ1v) is 8.17. The Morgan fingerprint density at radius 1 is 1.00 bits per heavy atom. The van der Waals surface area contributed by atoms with Gasteiger partial charge in [0, 0.05) is 12.6 Å². The van der Waals surface area contributed by atoms with Crippen LogP contribution in [0.1, 0.15) is 64.2 Å². The van der Waals surface area contributed by atoms with Crippen molar-refractivity contribution in [1.29, 1.82) is 0 Å². The number of hydrogen-bond acceptors (Lipinski definition) is 2. The molecule has 3 heteroatoms. The number of carboxylic acids is 1. The van der Waals surface area contributed by atoms with Gasteiger partial charge in [0.2, 0.25) is 0 Å². The van der Waals surface area contributed by atoms with Gasteiger partial charge >= 0.3 is 5.97 Å². The van der Waals surface area contributed by atoms with Crippen LogP contribution >= 0.6 is 0 Å². The van der Waals surface area contributed by atoms with Crippen LogP contribution < -0.4 is 0 Å². The maximum atomic E-state index is 11.5. The molecular formula is C16H27NO2. The van der Waals surface area contributed by atoms with Gasteiger partial charge in [-0.05, 0) is 44.1 Å². The predicted molar refractivity (Wildman–Crippen MR) is 75.1 cm³/mol. The van der Waals surface area contributed by atoms with Crippen molar-refractivity contribution in [1.82, 2.24) is 4.90 Å². The molecule has 1 saturated heterocycles. The number of likely N-dealkylation sites (tertiary alicyclic amines) is 1. The number of nitrogens with zero attached hydrogens (tertiary/aromatic N) is 1. The van der Waals surface area contributed by atoms with Gasteiger partial charge in [0.25, 0.3) is 0 Å². The molecule has 3 aliphatic rings. The van der Waals surface area contributed by atoms with Crippen molar-refractivity contribution in [3.05, 3.63) is 0 Å². The molecule has 2 atom stereocenters. The van der Waals surface area contributed by atoms with Crippen molar-refractivity contribution in [3.63, 3.8) is 0 Å². The summed E-state index contributed by atoms with van der Waals surface area (Å²) in [5.74, 6) is -0.665. The lowest BCUT2D eigenvalue weighted by Gasteiger charge is -2.38. The molecule has 2 saturated carbocycles. The molecular weight excluding hydrogens is 238 g/mol. The summed E-state index contributed by atoms with van der Waals surface area (Å²) in [6.07, 6.45) is 12.6. The maximum Gasteiger partial charge on any atom is 0.308 e. The van der Waals surface area contributed by atoms with Gasteiger partial charge in [-0.15, -0.1) is 0 Å². The van der Waals surface area contributed by atoms with Gasteiger partial charge in [-0.25, -0.2) is 0 Å². The predicted octanol–water partition coefficient (Wildman–Crippen LogP) is 3.29. The molecule has 0 radical (unpaired) electrons. The average molecular weight is 265 g/mol. The Morgan fingerprint density at radius 2 is 1.74 bits per heavy atom. The van der Waals surface area contributed by atoms with E-state index in [1.165, 1.54) is 51.5 Å². The Morgan fingerprint density at radius 3 is 2.47 bits per heavy atom. The van der Waals surface area contributed by atoms with E-state index in [1.54, 1.807) is 0 Å². The molecule has 1 aliphatic heterocycles. The van der Waals surface area contributed by atoms with Crippen LogP contribution in [0.25, 0.3) is 0 Å². The highest BCUT2D eigenvalue weighted by Gasteiger charge is 2.44. The highest BCUT2D eigenvalue weighted by atomic mass is 16.4. The van der Waals surface area contributed by atoms with E-state index in [1.807, 2.05) is 0 Å². The van der Waals surface area contributed by atoms with E-state index in [4.69, 9.17) is 0 Å². The van der Waals surface area contributed by atoms with Gasteiger partial charge in [0.1, 0.15) is 0 Å². The van der Waals surface area contributed by atoms with Crippen LogP contribution in [0.4, 0.5) is 0 Å². The fourth-order valence-electron chi connectivity index (χ4n) is 4.80. The van der Waals surface area contributed by atoms with E-state index >= 15 is 0 Å². The lowest BCUT2D eigenvalue weighted by molar-refractivity contribution is -0.145. The van der Waals surface area contributed by atoms with Crippen LogP contribution in [-0.4, -0.2) is 35.1 Å². The smallest absolute Gasteiger partial charge is 0.308 e. The number of aliphatic carboxylic acids is 1. The number of carbonyl (C=O) groups is 1. The third-order valence-corrected chi connectivity index (χ3v) is 5.90. The molecule has 0 aromatic heterocycles. The molecule has 108 valence electrons. The molecule has 1 heterocycles. The van der Waals surface area contributed by atoms with Crippen molar-refractivity contribution >= 4 is 5.97 Å². The highest BCUT2D eigenvalue weighted by molar-refractivity contribution is 5.71. The Hall–Kier alpha value is -0.570. The topological polar surface area (TPSA) is 40.5 Å². The Balaban J connectivity index is 1.67. The molecule has 0 bridgehead atoms. The second kappa shape index (κ2) is 5.43. The molecule has 0 aromatic carbocycles. The van der Waals surface area contributed by atoms with Crippen LogP contribution in [0, 0.1) is 11.3 Å². The van der Waals surface area contributed by atoms with Crippen LogP contribution in [0.3, 0.4) is 0 Å². The SMILES string of the molecule is O=C(O)C1CCCCC1N1CCC2(CCCCC2)C1. The number of rotatable bonds is 2. The summed E-state index contributed by atoms with van der Waals surface area (Å²) in [7, 11) is 0. The van der Waals surface area contributed by atoms with Crippen LogP contribution in [0.15, 0.2) is 0 Å². The summed E-state index contributed by atoms with van der Waals surface area (Å²) in [4.78, 5) is 14.0. The minimum absolute atomic E-state index is 0.104. The molecule has 0 aromatic rings. The summed E-state index contributed by atoms with van der Waals surface area (Å²) >= 11 is 0. The van der Waals surface area contributed by atoms with Crippen molar-refractivity contribution in [2.45, 2.75) is 70.3 Å². The first kappa shape index (κ1) is 13.4. The normalized spacial score (nSPS) is 35.6. The zero-order valence-corrected chi connectivity index (χ0v) is 11.9. The van der Waals surface area contributed by atoms with E-state index in [0.29, 0.717) is 11.5 Å². The molecule has 3 nitrogen and oxygen atoms in total. The average Bonchev–Trinajstić information content (AvgIpc) is 2.83. The van der Waals surface area contributed by atoms with E-state index in [-0.39, 0.29) is 5.92 Å². The van der Waals surface area contributed by atoms with Crippen molar-refractivity contribution in [3.8, 4) is 0 Å². The molecule has 19 heavy (non-hydrogen) atoms. The third-order valence-electron chi connectivity index (χ3n) is 5.90. The zero-order chi connectivity index (χ0) is 13.3. The molecule has 2 unspecified atom stereocenters. The van der Waals surface area contributed by atoms with Gasteiger partial charge < -0.3 is 5.11 Å². The molecule has 3 fully saturated rings. The summed E-state index contributed by atoms with van der Waals surface area (Å²) in [6.45, 7) is 2.33. The first-order valence-electron chi connectivity index (χ1n) is 8.17. The molecule has 1 N–H and O–H groups in total.